The second-order valence-corrected chi connectivity index (χ2v) is 5.83. The maximum absolute atomic E-state index is 13.0. The minimum atomic E-state index is -0.236. The third-order valence-corrected chi connectivity index (χ3v) is 4.33. The number of likely N-dealkylation sites (tertiary alicyclic amines) is 1. The van der Waals surface area contributed by atoms with Crippen LogP contribution in [0.4, 0.5) is 0 Å². The quantitative estimate of drug-likeness (QED) is 0.758. The molecule has 0 saturated carbocycles. The summed E-state index contributed by atoms with van der Waals surface area (Å²) in [5.74, 6) is -0.0973. The predicted octanol–water partition coefficient (Wildman–Crippen LogP) is 2.80. The first kappa shape index (κ1) is 17.0. The Morgan fingerprint density at radius 1 is 1.26 bits per heavy atom. The zero-order valence-electron chi connectivity index (χ0n) is 13.6. The lowest BCUT2D eigenvalue weighted by molar-refractivity contribution is -0.146. The van der Waals surface area contributed by atoms with Crippen molar-refractivity contribution in [1.29, 1.82) is 0 Å². The average Bonchev–Trinajstić information content (AvgIpc) is 2.57. The van der Waals surface area contributed by atoms with E-state index in [0.717, 1.165) is 5.56 Å². The molecule has 0 radical (unpaired) electrons. The number of piperidine rings is 1. The van der Waals surface area contributed by atoms with Crippen molar-refractivity contribution in [3.63, 3.8) is 0 Å². The molecule has 2 rings (SSSR count). The van der Waals surface area contributed by atoms with Crippen LogP contribution in [0.2, 0.25) is 0 Å². The molecule has 2 atom stereocenters. The molecule has 23 heavy (non-hydrogen) atoms. The number of hydrogen-bond acceptors (Lipinski definition) is 2. The van der Waals surface area contributed by atoms with Crippen LogP contribution >= 0.6 is 0 Å². The maximum atomic E-state index is 13.0. The molecule has 0 unspecified atom stereocenters. The van der Waals surface area contributed by atoms with E-state index in [1.54, 1.807) is 29.0 Å². The lowest BCUT2D eigenvalue weighted by atomic mass is 9.83. The van der Waals surface area contributed by atoms with Gasteiger partial charge in [0.1, 0.15) is 0 Å². The number of benzene rings is 1. The van der Waals surface area contributed by atoms with Crippen LogP contribution < -0.4 is 0 Å². The summed E-state index contributed by atoms with van der Waals surface area (Å²) in [7, 11) is 1.78. The summed E-state index contributed by atoms with van der Waals surface area (Å²) in [5, 5.41) is 0. The highest BCUT2D eigenvalue weighted by Gasteiger charge is 2.40. The molecule has 0 N–H and O–H groups in total. The summed E-state index contributed by atoms with van der Waals surface area (Å²) in [6.45, 7) is 8.42. The number of amides is 2. The van der Waals surface area contributed by atoms with Gasteiger partial charge in [0.05, 0.1) is 12.0 Å². The van der Waals surface area contributed by atoms with Gasteiger partial charge in [-0.25, -0.2) is 0 Å². The fraction of sp³-hybridized carbons (Fsp3) is 0.368. The van der Waals surface area contributed by atoms with Crippen molar-refractivity contribution in [3.05, 3.63) is 61.2 Å². The summed E-state index contributed by atoms with van der Waals surface area (Å²) in [6.07, 6.45) is 4.42. The van der Waals surface area contributed by atoms with Crippen LogP contribution in [0.25, 0.3) is 0 Å². The van der Waals surface area contributed by atoms with Gasteiger partial charge in [-0.3, -0.25) is 9.59 Å². The predicted molar refractivity (Wildman–Crippen MR) is 91.7 cm³/mol. The van der Waals surface area contributed by atoms with Crippen LogP contribution in [0.3, 0.4) is 0 Å². The SMILES string of the molecule is C=CCN(CC=C)C(=O)[C@@H]1CCC(=O)N(C)[C@H]1c1ccccc1. The Hall–Kier alpha value is -2.36. The van der Waals surface area contributed by atoms with Gasteiger partial charge >= 0.3 is 0 Å². The average molecular weight is 312 g/mol. The largest absolute Gasteiger partial charge is 0.338 e. The Morgan fingerprint density at radius 3 is 2.43 bits per heavy atom. The Labute approximate surface area is 138 Å². The molecule has 122 valence electrons. The van der Waals surface area contributed by atoms with E-state index in [1.807, 2.05) is 30.3 Å². The second-order valence-electron chi connectivity index (χ2n) is 5.83. The first-order chi connectivity index (χ1) is 11.1. The van der Waals surface area contributed by atoms with Crippen LogP contribution in [0.5, 0.6) is 0 Å². The first-order valence-electron chi connectivity index (χ1n) is 7.91. The molecule has 1 aliphatic heterocycles. The molecule has 0 bridgehead atoms. The van der Waals surface area contributed by atoms with Crippen molar-refractivity contribution in [3.8, 4) is 0 Å². The number of nitrogens with zero attached hydrogens (tertiary/aromatic N) is 2. The molecule has 1 heterocycles. The van der Waals surface area contributed by atoms with Crippen LogP contribution in [0.15, 0.2) is 55.6 Å². The molecule has 1 saturated heterocycles. The van der Waals surface area contributed by atoms with E-state index >= 15 is 0 Å². The van der Waals surface area contributed by atoms with E-state index in [2.05, 4.69) is 13.2 Å². The van der Waals surface area contributed by atoms with Gasteiger partial charge in [0.15, 0.2) is 0 Å². The van der Waals surface area contributed by atoms with Crippen molar-refractivity contribution < 1.29 is 9.59 Å². The monoisotopic (exact) mass is 312 g/mol. The van der Waals surface area contributed by atoms with Crippen LogP contribution in [-0.4, -0.2) is 41.8 Å². The van der Waals surface area contributed by atoms with E-state index in [4.69, 9.17) is 0 Å². The molecule has 4 nitrogen and oxygen atoms in total. The highest BCUT2D eigenvalue weighted by atomic mass is 16.2. The summed E-state index contributed by atoms with van der Waals surface area (Å²) >= 11 is 0. The smallest absolute Gasteiger partial charge is 0.228 e. The van der Waals surface area contributed by atoms with Crippen molar-refractivity contribution in [2.45, 2.75) is 18.9 Å². The molecule has 0 aliphatic carbocycles. The van der Waals surface area contributed by atoms with Crippen molar-refractivity contribution in [1.82, 2.24) is 9.80 Å². The third kappa shape index (κ3) is 3.70. The van der Waals surface area contributed by atoms with Crippen molar-refractivity contribution >= 4 is 11.8 Å². The van der Waals surface area contributed by atoms with Gasteiger partial charge in [0, 0.05) is 26.6 Å². The second kappa shape index (κ2) is 7.77. The molecule has 2 amide bonds. The van der Waals surface area contributed by atoms with E-state index < -0.39 is 0 Å². The van der Waals surface area contributed by atoms with Crippen LogP contribution in [0, 0.1) is 5.92 Å². The number of carbonyl (C=O) groups is 2. The van der Waals surface area contributed by atoms with Crippen LogP contribution in [-0.2, 0) is 9.59 Å². The molecule has 1 aromatic rings. The number of carbonyl (C=O) groups excluding carboxylic acids is 2. The minimum absolute atomic E-state index is 0.0537. The van der Waals surface area contributed by atoms with Gasteiger partial charge in [0.2, 0.25) is 11.8 Å². The van der Waals surface area contributed by atoms with Gasteiger partial charge in [-0.2, -0.15) is 0 Å². The topological polar surface area (TPSA) is 40.6 Å². The molecule has 1 fully saturated rings. The van der Waals surface area contributed by atoms with Crippen molar-refractivity contribution in [2.75, 3.05) is 20.1 Å². The zero-order chi connectivity index (χ0) is 16.8. The standard InChI is InChI=1S/C19H24N2O2/c1-4-13-21(14-5-2)19(23)16-11-12-17(22)20(3)18(16)15-9-7-6-8-10-15/h4-10,16,18H,1-2,11-14H2,3H3/t16-,18+/m1/s1. The molecule has 4 heteroatoms. The summed E-state index contributed by atoms with van der Waals surface area (Å²) in [4.78, 5) is 28.6. The van der Waals surface area contributed by atoms with E-state index in [1.165, 1.54) is 0 Å². The van der Waals surface area contributed by atoms with E-state index in [0.29, 0.717) is 25.9 Å². The highest BCUT2D eigenvalue weighted by Crippen LogP contribution is 2.36. The van der Waals surface area contributed by atoms with Crippen molar-refractivity contribution in [2.24, 2.45) is 5.92 Å². The Kier molecular flexibility index (Phi) is 5.74. The third-order valence-electron chi connectivity index (χ3n) is 4.33. The molecular formula is C19H24N2O2. The normalized spacial score (nSPS) is 20.9. The zero-order valence-corrected chi connectivity index (χ0v) is 13.6. The summed E-state index contributed by atoms with van der Waals surface area (Å²) in [5.41, 5.74) is 0.999. The molecule has 1 aromatic carbocycles. The highest BCUT2D eigenvalue weighted by molar-refractivity contribution is 5.85. The fourth-order valence-electron chi connectivity index (χ4n) is 3.20. The molecular weight excluding hydrogens is 288 g/mol. The van der Waals surface area contributed by atoms with E-state index in [-0.39, 0.29) is 23.8 Å². The molecule has 0 spiro atoms. The Balaban J connectivity index is 2.33. The van der Waals surface area contributed by atoms with Gasteiger partial charge < -0.3 is 9.80 Å². The van der Waals surface area contributed by atoms with Crippen LogP contribution in [0.1, 0.15) is 24.4 Å². The number of rotatable bonds is 6. The Morgan fingerprint density at radius 2 is 1.87 bits per heavy atom. The molecule has 0 aromatic heterocycles. The Bertz CT molecular complexity index is 572. The lowest BCUT2D eigenvalue weighted by Gasteiger charge is -2.40. The summed E-state index contributed by atoms with van der Waals surface area (Å²) < 4.78 is 0. The van der Waals surface area contributed by atoms with Gasteiger partial charge in [-0.05, 0) is 12.0 Å². The van der Waals surface area contributed by atoms with Gasteiger partial charge in [0.25, 0.3) is 0 Å². The van der Waals surface area contributed by atoms with Gasteiger partial charge in [-0.1, -0.05) is 42.5 Å². The maximum Gasteiger partial charge on any atom is 0.228 e. The number of hydrogen-bond donors (Lipinski definition) is 0. The minimum Gasteiger partial charge on any atom is -0.338 e. The summed E-state index contributed by atoms with van der Waals surface area (Å²) in [6, 6.07) is 9.55. The van der Waals surface area contributed by atoms with Gasteiger partial charge in [-0.15, -0.1) is 13.2 Å². The first-order valence-corrected chi connectivity index (χ1v) is 7.91. The fourth-order valence-corrected chi connectivity index (χ4v) is 3.20. The van der Waals surface area contributed by atoms with E-state index in [9.17, 15) is 9.59 Å². The lowest BCUT2D eigenvalue weighted by Crippen LogP contribution is -2.47. The molecule has 1 aliphatic rings.